The third-order valence-corrected chi connectivity index (χ3v) is 4.10. The molecule has 0 bridgehead atoms. The fourth-order valence-electron chi connectivity index (χ4n) is 2.79. The van der Waals surface area contributed by atoms with Gasteiger partial charge in [-0.05, 0) is 30.7 Å². The Morgan fingerprint density at radius 1 is 1.33 bits per heavy atom. The lowest BCUT2D eigenvalue weighted by Gasteiger charge is -2.25. The molecule has 9 nitrogen and oxygen atoms in total. The van der Waals surface area contributed by atoms with E-state index in [0.717, 1.165) is 0 Å². The number of ether oxygens (including phenoxy) is 2. The van der Waals surface area contributed by atoms with Gasteiger partial charge in [0.25, 0.3) is 5.91 Å². The average Bonchev–Trinajstić information content (AvgIpc) is 3.19. The zero-order valence-corrected chi connectivity index (χ0v) is 14.4. The average molecular weight is 368 g/mol. The first-order valence-electron chi connectivity index (χ1n) is 8.27. The van der Waals surface area contributed by atoms with Crippen molar-refractivity contribution in [3.63, 3.8) is 0 Å². The van der Waals surface area contributed by atoms with Gasteiger partial charge in [-0.1, -0.05) is 12.1 Å². The number of aryl methyl sites for hydroxylation is 1. The highest BCUT2D eigenvalue weighted by atomic mass is 16.6. The molecule has 0 fully saturated rings. The van der Waals surface area contributed by atoms with Gasteiger partial charge in [0.15, 0.2) is 23.4 Å². The lowest BCUT2D eigenvalue weighted by Crippen LogP contribution is -2.30. The molecule has 1 aliphatic heterocycles. The Balaban J connectivity index is 1.54. The monoisotopic (exact) mass is 368 g/mol. The van der Waals surface area contributed by atoms with Gasteiger partial charge in [-0.3, -0.25) is 9.89 Å². The van der Waals surface area contributed by atoms with Crippen LogP contribution in [0.25, 0.3) is 0 Å². The molecule has 0 spiro atoms. The zero-order chi connectivity index (χ0) is 18.8. The highest BCUT2D eigenvalue weighted by Gasteiger charge is 2.27. The van der Waals surface area contributed by atoms with E-state index in [4.69, 9.17) is 13.9 Å². The molecule has 4 rings (SSSR count). The first-order chi connectivity index (χ1) is 13.1. The van der Waals surface area contributed by atoms with Crippen molar-refractivity contribution >= 4 is 5.91 Å². The summed E-state index contributed by atoms with van der Waals surface area (Å²) < 4.78 is 16.8. The van der Waals surface area contributed by atoms with Gasteiger partial charge in [-0.2, -0.15) is 5.10 Å². The van der Waals surface area contributed by atoms with Crippen molar-refractivity contribution in [3.05, 3.63) is 69.8 Å². The number of rotatable bonds is 4. The number of carbonyl (C=O) groups is 1. The van der Waals surface area contributed by atoms with Gasteiger partial charge < -0.3 is 19.2 Å². The Hall–Kier alpha value is -3.62. The number of para-hydroxylation sites is 2. The molecule has 1 unspecified atom stereocenters. The van der Waals surface area contributed by atoms with Gasteiger partial charge in [0.05, 0.1) is 6.54 Å². The molecule has 1 aliphatic rings. The summed E-state index contributed by atoms with van der Waals surface area (Å²) in [5.41, 5.74) is -0.309. The van der Waals surface area contributed by atoms with Crippen LogP contribution in [0.1, 0.15) is 33.6 Å². The first kappa shape index (κ1) is 16.8. The van der Waals surface area contributed by atoms with Crippen molar-refractivity contribution in [2.24, 2.45) is 0 Å². The van der Waals surface area contributed by atoms with Crippen LogP contribution in [-0.2, 0) is 6.54 Å². The second-order valence-corrected chi connectivity index (χ2v) is 5.97. The lowest BCUT2D eigenvalue weighted by molar-refractivity contribution is 0.0721. The molecule has 3 heterocycles. The maximum absolute atomic E-state index is 12.4. The van der Waals surface area contributed by atoms with Crippen LogP contribution in [0.3, 0.4) is 0 Å². The predicted octanol–water partition coefficient (Wildman–Crippen LogP) is 1.51. The van der Waals surface area contributed by atoms with Gasteiger partial charge in [-0.25, -0.2) is 9.78 Å². The smallest absolute Gasteiger partial charge is 0.349 e. The molecule has 138 valence electrons. The Bertz CT molecular complexity index is 1030. The van der Waals surface area contributed by atoms with Crippen LogP contribution < -0.4 is 20.4 Å². The number of hydrogen-bond acceptors (Lipinski definition) is 7. The highest BCUT2D eigenvalue weighted by molar-refractivity contribution is 5.95. The minimum absolute atomic E-state index is 0.0598. The van der Waals surface area contributed by atoms with E-state index in [1.54, 1.807) is 25.1 Å². The van der Waals surface area contributed by atoms with E-state index in [0.29, 0.717) is 28.6 Å². The van der Waals surface area contributed by atoms with Gasteiger partial charge in [-0.15, -0.1) is 0 Å². The van der Waals surface area contributed by atoms with Crippen LogP contribution in [0.4, 0.5) is 0 Å². The maximum atomic E-state index is 12.4. The van der Waals surface area contributed by atoms with Crippen molar-refractivity contribution in [1.82, 2.24) is 20.5 Å². The Morgan fingerprint density at radius 2 is 2.15 bits per heavy atom. The summed E-state index contributed by atoms with van der Waals surface area (Å²) in [6.45, 7) is 1.99. The van der Waals surface area contributed by atoms with Gasteiger partial charge >= 0.3 is 5.63 Å². The topological polar surface area (TPSA) is 119 Å². The van der Waals surface area contributed by atoms with E-state index in [1.165, 1.54) is 6.33 Å². The van der Waals surface area contributed by atoms with Crippen LogP contribution >= 0.6 is 0 Å². The summed E-state index contributed by atoms with van der Waals surface area (Å²) in [4.78, 5) is 28.6. The number of aromatic nitrogens is 3. The number of nitrogens with one attached hydrogen (secondary N) is 2. The summed E-state index contributed by atoms with van der Waals surface area (Å²) in [5, 5.41) is 8.93. The third kappa shape index (κ3) is 3.39. The number of benzene rings is 1. The molecule has 27 heavy (non-hydrogen) atoms. The number of aromatic amines is 1. The molecule has 2 N–H and O–H groups in total. The van der Waals surface area contributed by atoms with Crippen molar-refractivity contribution in [1.29, 1.82) is 0 Å². The van der Waals surface area contributed by atoms with Gasteiger partial charge in [0.2, 0.25) is 0 Å². The molecule has 1 atom stereocenters. The van der Waals surface area contributed by atoms with Crippen molar-refractivity contribution in [2.75, 3.05) is 6.61 Å². The normalized spacial score (nSPS) is 15.4. The van der Waals surface area contributed by atoms with Crippen molar-refractivity contribution in [3.8, 4) is 11.5 Å². The minimum atomic E-state index is -0.734. The van der Waals surface area contributed by atoms with E-state index in [1.807, 2.05) is 12.1 Å². The third-order valence-electron chi connectivity index (χ3n) is 4.10. The molecule has 1 aromatic carbocycles. The Morgan fingerprint density at radius 3 is 2.89 bits per heavy atom. The van der Waals surface area contributed by atoms with E-state index < -0.39 is 17.6 Å². The highest BCUT2D eigenvalue weighted by Crippen LogP contribution is 2.35. The van der Waals surface area contributed by atoms with E-state index in [9.17, 15) is 9.59 Å². The van der Waals surface area contributed by atoms with Crippen LogP contribution in [0.2, 0.25) is 0 Å². The molecule has 0 saturated carbocycles. The molecule has 2 aromatic heterocycles. The summed E-state index contributed by atoms with van der Waals surface area (Å²) in [5.74, 6) is 1.45. The standard InChI is InChI=1S/C18H16N4O5/c1-10-6-13(14-8-25-11-4-2-3-5-12(11)26-14)27-18(24)16(10)17(23)19-7-15-20-9-21-22-15/h2-6,9,14H,7-8H2,1H3,(H,19,23)(H,20,21,22). The summed E-state index contributed by atoms with van der Waals surface area (Å²) in [7, 11) is 0. The number of H-pyrrole nitrogens is 1. The Kier molecular flexibility index (Phi) is 4.33. The minimum Gasteiger partial charge on any atom is -0.485 e. The van der Waals surface area contributed by atoms with Crippen LogP contribution in [0, 0.1) is 6.92 Å². The number of hydrogen-bond donors (Lipinski definition) is 2. The molecule has 3 aromatic rings. The van der Waals surface area contributed by atoms with Gasteiger partial charge in [0, 0.05) is 0 Å². The quantitative estimate of drug-likeness (QED) is 0.716. The van der Waals surface area contributed by atoms with Crippen LogP contribution in [0.5, 0.6) is 11.5 Å². The molecule has 0 aliphatic carbocycles. The molecule has 9 heteroatoms. The SMILES string of the molecule is Cc1cc(C2COc3ccccc3O2)oc(=O)c1C(=O)NCc1ncn[nH]1. The van der Waals surface area contributed by atoms with Crippen LogP contribution in [-0.4, -0.2) is 27.7 Å². The fraction of sp³-hybridized carbons (Fsp3) is 0.222. The zero-order valence-electron chi connectivity index (χ0n) is 14.4. The van der Waals surface area contributed by atoms with Crippen molar-refractivity contribution in [2.45, 2.75) is 19.6 Å². The number of nitrogens with zero attached hydrogens (tertiary/aromatic N) is 2. The molecule has 0 radical (unpaired) electrons. The van der Waals surface area contributed by atoms with E-state index in [-0.39, 0.29) is 18.7 Å². The molecular weight excluding hydrogens is 352 g/mol. The van der Waals surface area contributed by atoms with Crippen molar-refractivity contribution < 1.29 is 18.7 Å². The Labute approximate surface area is 153 Å². The lowest BCUT2D eigenvalue weighted by atomic mass is 10.1. The molecule has 0 saturated heterocycles. The summed E-state index contributed by atoms with van der Waals surface area (Å²) in [6, 6.07) is 8.87. The summed E-state index contributed by atoms with van der Waals surface area (Å²) >= 11 is 0. The maximum Gasteiger partial charge on any atom is 0.349 e. The number of amides is 1. The second-order valence-electron chi connectivity index (χ2n) is 5.97. The number of fused-ring (bicyclic) bond motifs is 1. The molecular formula is C18H16N4O5. The first-order valence-corrected chi connectivity index (χ1v) is 8.27. The number of carbonyl (C=O) groups excluding carboxylic acids is 1. The second kappa shape index (κ2) is 6.94. The van der Waals surface area contributed by atoms with Gasteiger partial charge in [0.1, 0.15) is 24.3 Å². The van der Waals surface area contributed by atoms with E-state index >= 15 is 0 Å². The predicted molar refractivity (Wildman–Crippen MR) is 92.6 cm³/mol. The summed E-state index contributed by atoms with van der Waals surface area (Å²) in [6.07, 6.45) is 0.762. The van der Waals surface area contributed by atoms with Crippen LogP contribution in [0.15, 0.2) is 45.9 Å². The van der Waals surface area contributed by atoms with E-state index in [2.05, 4.69) is 20.5 Å². The fourth-order valence-corrected chi connectivity index (χ4v) is 2.79. The molecule has 1 amide bonds. The largest absolute Gasteiger partial charge is 0.485 e.